The lowest BCUT2D eigenvalue weighted by Crippen LogP contribution is -2.56. The van der Waals surface area contributed by atoms with Crippen molar-refractivity contribution in [3.05, 3.63) is 41.6 Å². The number of rotatable bonds is 3. The van der Waals surface area contributed by atoms with Crippen LogP contribution in [0.4, 0.5) is 0 Å². The molecule has 1 aliphatic heterocycles. The number of hydrogen-bond acceptors (Lipinski definition) is 4. The minimum atomic E-state index is -0.820. The first-order chi connectivity index (χ1) is 14.1. The van der Waals surface area contributed by atoms with Gasteiger partial charge in [0, 0.05) is 14.1 Å². The van der Waals surface area contributed by atoms with Crippen molar-refractivity contribution in [2.45, 2.75) is 39.3 Å². The van der Waals surface area contributed by atoms with Crippen LogP contribution in [-0.2, 0) is 19.2 Å². The maximum absolute atomic E-state index is 13.3. The third-order valence-corrected chi connectivity index (χ3v) is 5.10. The number of hydrogen-bond donors (Lipinski definition) is 2. The second-order valence-corrected chi connectivity index (χ2v) is 7.89. The molecule has 0 saturated carbocycles. The van der Waals surface area contributed by atoms with Crippen LogP contribution in [0.1, 0.15) is 32.8 Å². The Morgan fingerprint density at radius 2 is 1.73 bits per heavy atom. The first-order valence-corrected chi connectivity index (χ1v) is 10.00. The van der Waals surface area contributed by atoms with Crippen LogP contribution in [0.15, 0.2) is 36.0 Å². The van der Waals surface area contributed by atoms with Gasteiger partial charge in [-0.2, -0.15) is 0 Å². The maximum Gasteiger partial charge on any atom is 0.268 e. The normalized spacial score (nSPS) is 23.2. The van der Waals surface area contributed by atoms with Crippen molar-refractivity contribution < 1.29 is 19.2 Å². The number of carbonyl (C=O) groups is 4. The molecule has 8 heteroatoms. The fraction of sp³-hybridized carbons (Fsp3) is 0.455. The number of carbonyl (C=O) groups excluding carboxylic acids is 4. The molecule has 0 aliphatic carbocycles. The lowest BCUT2D eigenvalue weighted by molar-refractivity contribution is -0.142. The van der Waals surface area contributed by atoms with E-state index >= 15 is 0 Å². The second-order valence-electron chi connectivity index (χ2n) is 7.89. The van der Waals surface area contributed by atoms with Gasteiger partial charge in [-0.05, 0) is 30.9 Å². The summed E-state index contributed by atoms with van der Waals surface area (Å²) in [6.07, 6.45) is 1.99. The molecule has 1 aromatic carbocycles. The lowest BCUT2D eigenvalue weighted by Gasteiger charge is -2.31. The minimum absolute atomic E-state index is 0.0956. The molecule has 0 spiro atoms. The van der Waals surface area contributed by atoms with Crippen molar-refractivity contribution in [3.8, 4) is 0 Å². The van der Waals surface area contributed by atoms with Crippen LogP contribution in [0.2, 0.25) is 0 Å². The van der Waals surface area contributed by atoms with E-state index in [-0.39, 0.29) is 18.2 Å². The summed E-state index contributed by atoms with van der Waals surface area (Å²) in [5, 5.41) is 5.33. The minimum Gasteiger partial charge on any atom is -0.342 e. The number of benzene rings is 1. The number of amides is 4. The summed E-state index contributed by atoms with van der Waals surface area (Å²) in [6, 6.07) is 7.51. The van der Waals surface area contributed by atoms with Gasteiger partial charge in [0.2, 0.25) is 17.7 Å². The predicted octanol–water partition coefficient (Wildman–Crippen LogP) is 0.994. The summed E-state index contributed by atoms with van der Waals surface area (Å²) in [5.74, 6) is -1.63. The monoisotopic (exact) mass is 414 g/mol. The molecule has 1 aromatic rings. The summed E-state index contributed by atoms with van der Waals surface area (Å²) >= 11 is 0. The van der Waals surface area contributed by atoms with E-state index in [1.165, 1.54) is 23.9 Å². The van der Waals surface area contributed by atoms with Gasteiger partial charge < -0.3 is 20.4 Å². The van der Waals surface area contributed by atoms with E-state index in [0.717, 1.165) is 5.56 Å². The van der Waals surface area contributed by atoms with Gasteiger partial charge in [-0.15, -0.1) is 0 Å². The fourth-order valence-corrected chi connectivity index (χ4v) is 3.12. The van der Waals surface area contributed by atoms with Crippen molar-refractivity contribution in [1.29, 1.82) is 0 Å². The summed E-state index contributed by atoms with van der Waals surface area (Å²) in [4.78, 5) is 53.8. The SMILES string of the molecule is CC(C)CC1NC(=O)C(C)N(C)C(=O)CNC(=O)/C(=C\c2ccccc2)N(C)C1=O. The molecule has 2 rings (SSSR count). The van der Waals surface area contributed by atoms with E-state index in [1.54, 1.807) is 13.0 Å². The van der Waals surface area contributed by atoms with E-state index in [9.17, 15) is 19.2 Å². The first-order valence-electron chi connectivity index (χ1n) is 10.00. The van der Waals surface area contributed by atoms with Gasteiger partial charge in [-0.25, -0.2) is 0 Å². The van der Waals surface area contributed by atoms with Gasteiger partial charge in [0.25, 0.3) is 5.91 Å². The molecule has 0 aromatic heterocycles. The average molecular weight is 415 g/mol. The van der Waals surface area contributed by atoms with Gasteiger partial charge in [0.15, 0.2) is 0 Å². The molecule has 4 amide bonds. The Balaban J connectivity index is 2.49. The second kappa shape index (κ2) is 10.0. The fourth-order valence-electron chi connectivity index (χ4n) is 3.12. The highest BCUT2D eigenvalue weighted by Gasteiger charge is 2.32. The van der Waals surface area contributed by atoms with E-state index < -0.39 is 35.7 Å². The third kappa shape index (κ3) is 5.68. The zero-order valence-electron chi connectivity index (χ0n) is 18.1. The van der Waals surface area contributed by atoms with Crippen molar-refractivity contribution >= 4 is 29.7 Å². The summed E-state index contributed by atoms with van der Waals surface area (Å²) in [7, 11) is 3.00. The molecule has 2 N–H and O–H groups in total. The lowest BCUT2D eigenvalue weighted by atomic mass is 10.0. The van der Waals surface area contributed by atoms with Crippen LogP contribution >= 0.6 is 0 Å². The highest BCUT2D eigenvalue weighted by Crippen LogP contribution is 2.15. The summed E-state index contributed by atoms with van der Waals surface area (Å²) in [5.41, 5.74) is 0.828. The quantitative estimate of drug-likeness (QED) is 0.721. The highest BCUT2D eigenvalue weighted by molar-refractivity contribution is 6.04. The molecule has 0 radical (unpaired) electrons. The van der Waals surface area contributed by atoms with Gasteiger partial charge >= 0.3 is 0 Å². The largest absolute Gasteiger partial charge is 0.342 e. The molecule has 1 heterocycles. The van der Waals surface area contributed by atoms with E-state index in [2.05, 4.69) is 10.6 Å². The molecule has 1 aliphatic rings. The topological polar surface area (TPSA) is 98.8 Å². The van der Waals surface area contributed by atoms with Crippen LogP contribution in [-0.4, -0.2) is 66.2 Å². The van der Waals surface area contributed by atoms with Crippen molar-refractivity contribution in [1.82, 2.24) is 20.4 Å². The maximum atomic E-state index is 13.3. The molecular formula is C22H30N4O4. The van der Waals surface area contributed by atoms with Crippen LogP contribution in [0, 0.1) is 5.92 Å². The standard InChI is InChI=1S/C22H30N4O4/c1-14(2)11-17-22(30)26(5)18(12-16-9-7-6-8-10-16)21(29)23-13-19(27)25(4)15(3)20(28)24-17/h6-10,12,14-15,17H,11,13H2,1-5H3,(H,23,29)(H,24,28)/b18-12+. The van der Waals surface area contributed by atoms with Crippen molar-refractivity contribution in [2.24, 2.45) is 5.92 Å². The molecule has 1 fully saturated rings. The third-order valence-electron chi connectivity index (χ3n) is 5.10. The molecule has 1 saturated heterocycles. The van der Waals surface area contributed by atoms with Crippen LogP contribution in [0.3, 0.4) is 0 Å². The summed E-state index contributed by atoms with van der Waals surface area (Å²) < 4.78 is 0. The van der Waals surface area contributed by atoms with Crippen molar-refractivity contribution in [3.63, 3.8) is 0 Å². The van der Waals surface area contributed by atoms with E-state index in [4.69, 9.17) is 0 Å². The zero-order valence-corrected chi connectivity index (χ0v) is 18.1. The molecule has 2 atom stereocenters. The molecule has 8 nitrogen and oxygen atoms in total. The van der Waals surface area contributed by atoms with Gasteiger partial charge in [-0.3, -0.25) is 19.2 Å². The van der Waals surface area contributed by atoms with Crippen LogP contribution < -0.4 is 10.6 Å². The Kier molecular flexibility index (Phi) is 7.74. The Morgan fingerprint density at radius 3 is 2.33 bits per heavy atom. The Bertz CT molecular complexity index is 835. The van der Waals surface area contributed by atoms with Gasteiger partial charge in [0.1, 0.15) is 17.8 Å². The van der Waals surface area contributed by atoms with E-state index in [0.29, 0.717) is 6.42 Å². The zero-order chi connectivity index (χ0) is 22.4. The predicted molar refractivity (Wildman–Crippen MR) is 114 cm³/mol. The number of nitrogens with one attached hydrogen (secondary N) is 2. The number of likely N-dealkylation sites (N-methyl/N-ethyl adjacent to an activating group) is 2. The Hall–Kier alpha value is -3.16. The molecule has 162 valence electrons. The van der Waals surface area contributed by atoms with E-state index in [1.807, 2.05) is 44.2 Å². The number of nitrogens with zero attached hydrogens (tertiary/aromatic N) is 2. The van der Waals surface area contributed by atoms with Gasteiger partial charge in [0.05, 0.1) is 6.54 Å². The van der Waals surface area contributed by atoms with Crippen LogP contribution in [0.25, 0.3) is 6.08 Å². The molecule has 2 unspecified atom stereocenters. The first kappa shape index (κ1) is 23.1. The average Bonchev–Trinajstić information content (AvgIpc) is 2.72. The Morgan fingerprint density at radius 1 is 1.10 bits per heavy atom. The molecule has 0 bridgehead atoms. The van der Waals surface area contributed by atoms with Gasteiger partial charge in [-0.1, -0.05) is 44.2 Å². The van der Waals surface area contributed by atoms with Crippen molar-refractivity contribution in [2.75, 3.05) is 20.6 Å². The summed E-state index contributed by atoms with van der Waals surface area (Å²) in [6.45, 7) is 5.20. The molecule has 30 heavy (non-hydrogen) atoms. The highest BCUT2D eigenvalue weighted by atomic mass is 16.2. The molecular weight excluding hydrogens is 384 g/mol. The smallest absolute Gasteiger partial charge is 0.268 e. The Labute approximate surface area is 177 Å². The van der Waals surface area contributed by atoms with Crippen LogP contribution in [0.5, 0.6) is 0 Å².